The van der Waals surface area contributed by atoms with Crippen molar-refractivity contribution in [3.05, 3.63) is 29.0 Å². The van der Waals surface area contributed by atoms with E-state index in [2.05, 4.69) is 4.98 Å². The lowest BCUT2D eigenvalue weighted by molar-refractivity contribution is -0.145. The molecule has 1 atom stereocenters. The summed E-state index contributed by atoms with van der Waals surface area (Å²) < 4.78 is 6.74. The largest absolute Gasteiger partial charge is 0.467 e. The van der Waals surface area contributed by atoms with Gasteiger partial charge in [-0.3, -0.25) is 0 Å². The number of hydrogen-bond donors (Lipinski definition) is 0. The Kier molecular flexibility index (Phi) is 4.55. The van der Waals surface area contributed by atoms with Gasteiger partial charge >= 0.3 is 5.97 Å². The van der Waals surface area contributed by atoms with Gasteiger partial charge in [0, 0.05) is 5.02 Å². The lowest BCUT2D eigenvalue weighted by atomic mass is 10.0. The maximum atomic E-state index is 12.1. The van der Waals surface area contributed by atoms with Crippen molar-refractivity contribution in [2.75, 3.05) is 7.11 Å². The standard InChI is InChI=1S/C14H16Cl2N2O2/c1-8(2)13(14(19)20-3)18-11-6-9(16)4-5-10(11)17-12(18)7-15/h4-6,8,13H,7H2,1-3H3. The lowest BCUT2D eigenvalue weighted by Gasteiger charge is -2.22. The predicted octanol–water partition coefficient (Wildman–Crippen LogP) is 3.80. The average molecular weight is 315 g/mol. The van der Waals surface area contributed by atoms with Gasteiger partial charge in [-0.15, -0.1) is 11.6 Å². The lowest BCUT2D eigenvalue weighted by Crippen LogP contribution is -2.27. The number of benzene rings is 1. The van der Waals surface area contributed by atoms with Crippen molar-refractivity contribution >= 4 is 40.2 Å². The predicted molar refractivity (Wildman–Crippen MR) is 80.2 cm³/mol. The fraction of sp³-hybridized carbons (Fsp3) is 0.429. The number of rotatable bonds is 4. The van der Waals surface area contributed by atoms with Crippen molar-refractivity contribution in [3.63, 3.8) is 0 Å². The van der Waals surface area contributed by atoms with Gasteiger partial charge in [-0.25, -0.2) is 9.78 Å². The molecule has 6 heteroatoms. The minimum absolute atomic E-state index is 0.0424. The van der Waals surface area contributed by atoms with Crippen LogP contribution in [0.15, 0.2) is 18.2 Å². The number of carbonyl (C=O) groups is 1. The molecule has 0 N–H and O–H groups in total. The Morgan fingerprint density at radius 3 is 2.70 bits per heavy atom. The molecular formula is C14H16Cl2N2O2. The Balaban J connectivity index is 2.71. The van der Waals surface area contributed by atoms with Crippen LogP contribution in [0.2, 0.25) is 5.02 Å². The SMILES string of the molecule is COC(=O)C(C(C)C)n1c(CCl)nc2ccc(Cl)cc21. The van der Waals surface area contributed by atoms with Crippen molar-refractivity contribution in [2.45, 2.75) is 25.8 Å². The van der Waals surface area contributed by atoms with Crippen LogP contribution >= 0.6 is 23.2 Å². The van der Waals surface area contributed by atoms with Gasteiger partial charge in [-0.05, 0) is 24.1 Å². The molecule has 1 aromatic heterocycles. The third kappa shape index (κ3) is 2.63. The van der Waals surface area contributed by atoms with E-state index < -0.39 is 6.04 Å². The van der Waals surface area contributed by atoms with Crippen LogP contribution in [0.3, 0.4) is 0 Å². The summed E-state index contributed by atoms with van der Waals surface area (Å²) in [6.45, 7) is 3.91. The first-order valence-corrected chi connectivity index (χ1v) is 7.21. The molecule has 0 aliphatic rings. The number of halogens is 2. The monoisotopic (exact) mass is 314 g/mol. The number of imidazole rings is 1. The van der Waals surface area contributed by atoms with E-state index >= 15 is 0 Å². The number of nitrogens with zero attached hydrogens (tertiary/aromatic N) is 2. The molecule has 0 spiro atoms. The van der Waals surface area contributed by atoms with Gasteiger partial charge in [0.1, 0.15) is 11.9 Å². The molecule has 0 radical (unpaired) electrons. The Morgan fingerprint density at radius 1 is 1.45 bits per heavy atom. The molecule has 0 aliphatic carbocycles. The highest BCUT2D eigenvalue weighted by atomic mass is 35.5. The zero-order valence-electron chi connectivity index (χ0n) is 11.6. The maximum absolute atomic E-state index is 12.1. The summed E-state index contributed by atoms with van der Waals surface area (Å²) in [6.07, 6.45) is 0. The third-order valence-electron chi connectivity index (χ3n) is 3.20. The van der Waals surface area contributed by atoms with Crippen LogP contribution in [0.1, 0.15) is 25.7 Å². The second-order valence-electron chi connectivity index (χ2n) is 4.88. The van der Waals surface area contributed by atoms with Crippen LogP contribution in [0.25, 0.3) is 11.0 Å². The maximum Gasteiger partial charge on any atom is 0.329 e. The quantitative estimate of drug-likeness (QED) is 0.637. The van der Waals surface area contributed by atoms with Gasteiger partial charge in [0.25, 0.3) is 0 Å². The van der Waals surface area contributed by atoms with Crippen molar-refractivity contribution < 1.29 is 9.53 Å². The fourth-order valence-corrected chi connectivity index (χ4v) is 2.67. The van der Waals surface area contributed by atoms with Gasteiger partial charge in [0.05, 0.1) is 24.0 Å². The number of fused-ring (bicyclic) bond motifs is 1. The van der Waals surface area contributed by atoms with Gasteiger partial charge in [0.15, 0.2) is 0 Å². The van der Waals surface area contributed by atoms with Crippen molar-refractivity contribution in [2.24, 2.45) is 5.92 Å². The van der Waals surface area contributed by atoms with Crippen LogP contribution in [0.5, 0.6) is 0 Å². The molecule has 1 heterocycles. The van der Waals surface area contributed by atoms with Crippen LogP contribution in [-0.2, 0) is 15.4 Å². The molecular weight excluding hydrogens is 299 g/mol. The molecule has 108 valence electrons. The highest BCUT2D eigenvalue weighted by Gasteiger charge is 2.29. The highest BCUT2D eigenvalue weighted by molar-refractivity contribution is 6.31. The van der Waals surface area contributed by atoms with E-state index in [1.807, 2.05) is 24.5 Å². The van der Waals surface area contributed by atoms with E-state index in [1.165, 1.54) is 7.11 Å². The fourth-order valence-electron chi connectivity index (χ4n) is 2.32. The van der Waals surface area contributed by atoms with E-state index in [-0.39, 0.29) is 17.8 Å². The minimum atomic E-state index is -0.475. The molecule has 2 aromatic rings. The summed E-state index contributed by atoms with van der Waals surface area (Å²) >= 11 is 12.0. The minimum Gasteiger partial charge on any atom is -0.467 e. The van der Waals surface area contributed by atoms with E-state index in [4.69, 9.17) is 27.9 Å². The Morgan fingerprint density at radius 2 is 2.15 bits per heavy atom. The number of ether oxygens (including phenoxy) is 1. The molecule has 1 aromatic carbocycles. The van der Waals surface area contributed by atoms with Crippen molar-refractivity contribution in [1.29, 1.82) is 0 Å². The van der Waals surface area contributed by atoms with E-state index in [0.29, 0.717) is 10.8 Å². The van der Waals surface area contributed by atoms with Gasteiger partial charge < -0.3 is 9.30 Å². The number of carbonyl (C=O) groups excluding carboxylic acids is 1. The molecule has 4 nitrogen and oxygen atoms in total. The molecule has 1 unspecified atom stereocenters. The highest BCUT2D eigenvalue weighted by Crippen LogP contribution is 2.29. The summed E-state index contributed by atoms with van der Waals surface area (Å²) in [5.74, 6) is 0.575. The van der Waals surface area contributed by atoms with E-state index in [9.17, 15) is 4.79 Å². The molecule has 0 saturated carbocycles. The number of esters is 1. The second kappa shape index (κ2) is 6.02. The first-order valence-electron chi connectivity index (χ1n) is 6.29. The summed E-state index contributed by atoms with van der Waals surface area (Å²) in [6, 6.07) is 4.90. The first-order chi connectivity index (χ1) is 9.49. The Bertz CT molecular complexity index is 637. The first kappa shape index (κ1) is 15.1. The molecule has 20 heavy (non-hydrogen) atoms. The van der Waals surface area contributed by atoms with Crippen LogP contribution in [-0.4, -0.2) is 22.6 Å². The molecule has 0 saturated heterocycles. The number of aromatic nitrogens is 2. The number of methoxy groups -OCH3 is 1. The van der Waals surface area contributed by atoms with Crippen LogP contribution in [0, 0.1) is 5.92 Å². The van der Waals surface area contributed by atoms with Crippen LogP contribution < -0.4 is 0 Å². The molecule has 0 fully saturated rings. The van der Waals surface area contributed by atoms with E-state index in [0.717, 1.165) is 11.0 Å². The molecule has 0 amide bonds. The van der Waals surface area contributed by atoms with Crippen molar-refractivity contribution in [3.8, 4) is 0 Å². The summed E-state index contributed by atoms with van der Waals surface area (Å²) in [4.78, 5) is 16.6. The van der Waals surface area contributed by atoms with E-state index in [1.54, 1.807) is 12.1 Å². The Labute approximate surface area is 127 Å². The summed E-state index contributed by atoms with van der Waals surface area (Å²) in [7, 11) is 1.38. The normalized spacial score (nSPS) is 12.9. The number of hydrogen-bond acceptors (Lipinski definition) is 3. The molecule has 0 bridgehead atoms. The molecule has 0 aliphatic heterocycles. The summed E-state index contributed by atoms with van der Waals surface area (Å²) in [5.41, 5.74) is 1.55. The van der Waals surface area contributed by atoms with Gasteiger partial charge in [0.2, 0.25) is 0 Å². The zero-order valence-corrected chi connectivity index (χ0v) is 13.1. The third-order valence-corrected chi connectivity index (χ3v) is 3.67. The second-order valence-corrected chi connectivity index (χ2v) is 5.58. The Hall–Kier alpha value is -1.26. The average Bonchev–Trinajstić information content (AvgIpc) is 2.76. The molecule has 2 rings (SSSR count). The van der Waals surface area contributed by atoms with Crippen molar-refractivity contribution in [1.82, 2.24) is 9.55 Å². The van der Waals surface area contributed by atoms with Gasteiger partial charge in [-0.2, -0.15) is 0 Å². The smallest absolute Gasteiger partial charge is 0.329 e. The number of alkyl halides is 1. The topological polar surface area (TPSA) is 44.1 Å². The zero-order chi connectivity index (χ0) is 14.9. The van der Waals surface area contributed by atoms with Crippen LogP contribution in [0.4, 0.5) is 0 Å². The van der Waals surface area contributed by atoms with Gasteiger partial charge in [-0.1, -0.05) is 25.4 Å². The summed E-state index contributed by atoms with van der Waals surface area (Å²) in [5, 5.41) is 0.590.